The van der Waals surface area contributed by atoms with Gasteiger partial charge in [0.05, 0.1) is 5.02 Å². The van der Waals surface area contributed by atoms with E-state index in [1.807, 2.05) is 0 Å². The first-order chi connectivity index (χ1) is 6.75. The molecule has 1 N–H and O–H groups in total. The lowest BCUT2D eigenvalue weighted by atomic mass is 10.2. The number of pyridine rings is 1. The standard InChI is InChI=1S/C10H12Cl2N2/c11-8-5-6-9(12)14-10(8)13-7-3-1-2-4-7/h5-7H,1-4H2,(H,13,14). The Kier molecular flexibility index (Phi) is 3.14. The number of anilines is 1. The van der Waals surface area contributed by atoms with Crippen molar-refractivity contribution in [2.75, 3.05) is 5.32 Å². The quantitative estimate of drug-likeness (QED) is 0.784. The number of nitrogens with zero attached hydrogens (tertiary/aromatic N) is 1. The fraction of sp³-hybridized carbons (Fsp3) is 0.500. The van der Waals surface area contributed by atoms with Gasteiger partial charge in [-0.3, -0.25) is 0 Å². The maximum Gasteiger partial charge on any atom is 0.146 e. The molecule has 0 bridgehead atoms. The minimum Gasteiger partial charge on any atom is -0.366 e. The van der Waals surface area contributed by atoms with Crippen molar-refractivity contribution in [3.05, 3.63) is 22.3 Å². The van der Waals surface area contributed by atoms with Gasteiger partial charge in [0, 0.05) is 6.04 Å². The van der Waals surface area contributed by atoms with Gasteiger partial charge in [-0.25, -0.2) is 4.98 Å². The van der Waals surface area contributed by atoms with E-state index >= 15 is 0 Å². The Morgan fingerprint density at radius 2 is 1.93 bits per heavy atom. The Hall–Kier alpha value is -0.470. The van der Waals surface area contributed by atoms with Gasteiger partial charge < -0.3 is 5.32 Å². The fourth-order valence-corrected chi connectivity index (χ4v) is 2.09. The van der Waals surface area contributed by atoms with Crippen molar-refractivity contribution in [2.24, 2.45) is 0 Å². The summed E-state index contributed by atoms with van der Waals surface area (Å²) in [4.78, 5) is 4.16. The summed E-state index contributed by atoms with van der Waals surface area (Å²) >= 11 is 11.8. The molecule has 2 rings (SSSR count). The van der Waals surface area contributed by atoms with Crippen molar-refractivity contribution >= 4 is 29.0 Å². The SMILES string of the molecule is Clc1ccc(Cl)c(NC2CCCC2)n1. The second-order valence-electron chi connectivity index (χ2n) is 3.59. The molecule has 0 amide bonds. The monoisotopic (exact) mass is 230 g/mol. The van der Waals surface area contributed by atoms with Gasteiger partial charge in [0.15, 0.2) is 0 Å². The third-order valence-corrected chi connectivity index (χ3v) is 3.02. The summed E-state index contributed by atoms with van der Waals surface area (Å²) in [5, 5.41) is 4.44. The molecule has 0 radical (unpaired) electrons. The number of aromatic nitrogens is 1. The van der Waals surface area contributed by atoms with E-state index in [1.165, 1.54) is 25.7 Å². The molecule has 1 aromatic rings. The summed E-state index contributed by atoms with van der Waals surface area (Å²) in [7, 11) is 0. The molecule has 1 aliphatic rings. The summed E-state index contributed by atoms with van der Waals surface area (Å²) in [6, 6.07) is 3.98. The molecule has 0 unspecified atom stereocenters. The lowest BCUT2D eigenvalue weighted by Crippen LogP contribution is -2.15. The van der Waals surface area contributed by atoms with E-state index < -0.39 is 0 Å². The van der Waals surface area contributed by atoms with Gasteiger partial charge in [-0.05, 0) is 25.0 Å². The predicted octanol–water partition coefficient (Wildman–Crippen LogP) is 3.74. The van der Waals surface area contributed by atoms with Crippen molar-refractivity contribution in [1.82, 2.24) is 4.98 Å². The normalized spacial score (nSPS) is 17.3. The highest BCUT2D eigenvalue weighted by atomic mass is 35.5. The minimum absolute atomic E-state index is 0.481. The number of halogens is 2. The Bertz CT molecular complexity index is 322. The van der Waals surface area contributed by atoms with E-state index in [0.717, 1.165) is 0 Å². The third-order valence-electron chi connectivity index (χ3n) is 2.51. The number of hydrogen-bond acceptors (Lipinski definition) is 2. The van der Waals surface area contributed by atoms with Crippen LogP contribution in [0, 0.1) is 0 Å². The van der Waals surface area contributed by atoms with Crippen LogP contribution in [0.15, 0.2) is 12.1 Å². The van der Waals surface area contributed by atoms with Gasteiger partial charge in [0.25, 0.3) is 0 Å². The smallest absolute Gasteiger partial charge is 0.146 e. The maximum atomic E-state index is 5.99. The first kappa shape index (κ1) is 10.1. The molecule has 0 atom stereocenters. The van der Waals surface area contributed by atoms with Crippen LogP contribution in [0.2, 0.25) is 10.2 Å². The van der Waals surface area contributed by atoms with Crippen LogP contribution in [0.25, 0.3) is 0 Å². The Morgan fingerprint density at radius 3 is 2.64 bits per heavy atom. The molecule has 1 fully saturated rings. The molecule has 76 valence electrons. The van der Waals surface area contributed by atoms with Crippen molar-refractivity contribution in [3.63, 3.8) is 0 Å². The van der Waals surface area contributed by atoms with Crippen LogP contribution in [-0.2, 0) is 0 Å². The topological polar surface area (TPSA) is 24.9 Å². The molecule has 1 saturated carbocycles. The second kappa shape index (κ2) is 4.37. The van der Waals surface area contributed by atoms with Crippen molar-refractivity contribution in [2.45, 2.75) is 31.7 Å². The average Bonchev–Trinajstić information content (AvgIpc) is 2.64. The van der Waals surface area contributed by atoms with Crippen LogP contribution in [0.4, 0.5) is 5.82 Å². The van der Waals surface area contributed by atoms with Crippen LogP contribution in [0.1, 0.15) is 25.7 Å². The molecule has 4 heteroatoms. The molecule has 1 aliphatic carbocycles. The summed E-state index contributed by atoms with van der Waals surface area (Å²) in [6.07, 6.45) is 4.97. The molecule has 2 nitrogen and oxygen atoms in total. The van der Waals surface area contributed by atoms with Gasteiger partial charge in [-0.15, -0.1) is 0 Å². The summed E-state index contributed by atoms with van der Waals surface area (Å²) in [6.45, 7) is 0. The summed E-state index contributed by atoms with van der Waals surface area (Å²) in [5.74, 6) is 0.714. The van der Waals surface area contributed by atoms with Crippen molar-refractivity contribution in [1.29, 1.82) is 0 Å². The van der Waals surface area contributed by atoms with Gasteiger partial charge in [-0.2, -0.15) is 0 Å². The van der Waals surface area contributed by atoms with E-state index in [9.17, 15) is 0 Å². The van der Waals surface area contributed by atoms with E-state index in [2.05, 4.69) is 10.3 Å². The largest absolute Gasteiger partial charge is 0.366 e. The molecular formula is C10H12Cl2N2. The Labute approximate surface area is 93.6 Å². The first-order valence-corrected chi connectivity index (χ1v) is 5.60. The molecule has 0 aliphatic heterocycles. The lowest BCUT2D eigenvalue weighted by Gasteiger charge is -2.13. The molecule has 0 spiro atoms. The molecular weight excluding hydrogens is 219 g/mol. The van der Waals surface area contributed by atoms with Gasteiger partial charge in [-0.1, -0.05) is 36.0 Å². The fourth-order valence-electron chi connectivity index (χ4n) is 1.78. The highest BCUT2D eigenvalue weighted by Crippen LogP contribution is 2.26. The van der Waals surface area contributed by atoms with E-state index in [4.69, 9.17) is 23.2 Å². The Morgan fingerprint density at radius 1 is 1.21 bits per heavy atom. The summed E-state index contributed by atoms with van der Waals surface area (Å²) < 4.78 is 0. The molecule has 1 aromatic heterocycles. The van der Waals surface area contributed by atoms with E-state index in [0.29, 0.717) is 22.0 Å². The van der Waals surface area contributed by atoms with Crippen LogP contribution in [0.3, 0.4) is 0 Å². The van der Waals surface area contributed by atoms with Crippen molar-refractivity contribution < 1.29 is 0 Å². The van der Waals surface area contributed by atoms with Crippen LogP contribution in [-0.4, -0.2) is 11.0 Å². The maximum absolute atomic E-state index is 5.99. The molecule has 0 aromatic carbocycles. The van der Waals surface area contributed by atoms with Gasteiger partial charge in [0.1, 0.15) is 11.0 Å². The van der Waals surface area contributed by atoms with Crippen LogP contribution in [0.5, 0.6) is 0 Å². The third kappa shape index (κ3) is 2.31. The predicted molar refractivity (Wildman–Crippen MR) is 60.1 cm³/mol. The highest BCUT2D eigenvalue weighted by Gasteiger charge is 2.16. The first-order valence-electron chi connectivity index (χ1n) is 4.84. The minimum atomic E-state index is 0.481. The van der Waals surface area contributed by atoms with E-state index in [-0.39, 0.29) is 0 Å². The average molecular weight is 231 g/mol. The number of nitrogens with one attached hydrogen (secondary N) is 1. The van der Waals surface area contributed by atoms with Crippen LogP contribution >= 0.6 is 23.2 Å². The second-order valence-corrected chi connectivity index (χ2v) is 4.38. The zero-order chi connectivity index (χ0) is 9.97. The molecule has 14 heavy (non-hydrogen) atoms. The summed E-state index contributed by atoms with van der Waals surface area (Å²) in [5.41, 5.74) is 0. The highest BCUT2D eigenvalue weighted by molar-refractivity contribution is 6.34. The van der Waals surface area contributed by atoms with Gasteiger partial charge >= 0.3 is 0 Å². The lowest BCUT2D eigenvalue weighted by molar-refractivity contribution is 0.750. The number of hydrogen-bond donors (Lipinski definition) is 1. The van der Waals surface area contributed by atoms with Crippen LogP contribution < -0.4 is 5.32 Å². The van der Waals surface area contributed by atoms with E-state index in [1.54, 1.807) is 12.1 Å². The Balaban J connectivity index is 2.10. The zero-order valence-corrected chi connectivity index (χ0v) is 9.28. The zero-order valence-electron chi connectivity index (χ0n) is 7.76. The molecule has 0 saturated heterocycles. The molecule has 1 heterocycles. The number of rotatable bonds is 2. The van der Waals surface area contributed by atoms with Gasteiger partial charge in [0.2, 0.25) is 0 Å². The van der Waals surface area contributed by atoms with Crippen molar-refractivity contribution in [3.8, 4) is 0 Å².